The fraction of sp³-hybridized carbons (Fsp3) is 0.733. The number of hydrogen-bond donors (Lipinski definition) is 0. The minimum atomic E-state index is 0.506. The van der Waals surface area contributed by atoms with Crippen molar-refractivity contribution in [2.45, 2.75) is 129 Å². The summed E-state index contributed by atoms with van der Waals surface area (Å²) in [5.41, 5.74) is 1.46. The van der Waals surface area contributed by atoms with Gasteiger partial charge >= 0.3 is 0 Å². The van der Waals surface area contributed by atoms with E-state index >= 15 is 0 Å². The fourth-order valence-electron chi connectivity index (χ4n) is 4.92. The Labute approximate surface area is 200 Å². The summed E-state index contributed by atoms with van der Waals surface area (Å²) in [6.07, 6.45) is 28.7. The zero-order valence-electron chi connectivity index (χ0n) is 21.4. The zero-order valence-corrected chi connectivity index (χ0v) is 21.4. The van der Waals surface area contributed by atoms with Gasteiger partial charge in [0.1, 0.15) is 6.17 Å². The first-order valence-corrected chi connectivity index (χ1v) is 14.1. The number of rotatable bonds is 20. The van der Waals surface area contributed by atoms with E-state index in [2.05, 4.69) is 66.4 Å². The molecule has 2 rings (SSSR count). The molecule has 1 aliphatic rings. The maximum atomic E-state index is 2.62. The summed E-state index contributed by atoms with van der Waals surface area (Å²) in [6, 6.07) is 11.1. The molecule has 0 saturated heterocycles. The molecule has 0 fully saturated rings. The van der Waals surface area contributed by atoms with E-state index in [4.69, 9.17) is 0 Å². The summed E-state index contributed by atoms with van der Waals surface area (Å²) < 4.78 is 0. The molecule has 0 amide bonds. The highest BCUT2D eigenvalue weighted by Crippen LogP contribution is 2.22. The van der Waals surface area contributed by atoms with E-state index < -0.39 is 0 Å². The van der Waals surface area contributed by atoms with Gasteiger partial charge in [0.25, 0.3) is 0 Å². The van der Waals surface area contributed by atoms with Crippen LogP contribution in [-0.2, 0) is 6.42 Å². The summed E-state index contributed by atoms with van der Waals surface area (Å²) in [6.45, 7) is 7.01. The van der Waals surface area contributed by atoms with E-state index in [0.29, 0.717) is 6.17 Å². The highest BCUT2D eigenvalue weighted by Gasteiger charge is 2.25. The van der Waals surface area contributed by atoms with E-state index in [9.17, 15) is 0 Å². The highest BCUT2D eigenvalue weighted by atomic mass is 15.4. The van der Waals surface area contributed by atoms with Crippen molar-refractivity contribution in [3.8, 4) is 0 Å². The predicted molar refractivity (Wildman–Crippen MR) is 142 cm³/mol. The lowest BCUT2D eigenvalue weighted by Crippen LogP contribution is -2.41. The molecule has 0 saturated carbocycles. The van der Waals surface area contributed by atoms with E-state index in [1.165, 1.54) is 121 Å². The van der Waals surface area contributed by atoms with Gasteiger partial charge in [0.05, 0.1) is 0 Å². The van der Waals surface area contributed by atoms with Gasteiger partial charge in [0, 0.05) is 31.9 Å². The lowest BCUT2D eigenvalue weighted by Gasteiger charge is -2.33. The molecule has 1 heterocycles. The third kappa shape index (κ3) is 11.4. The van der Waals surface area contributed by atoms with Crippen molar-refractivity contribution >= 4 is 0 Å². The largest absolute Gasteiger partial charge is 0.356 e. The molecule has 0 radical (unpaired) electrons. The normalized spacial score (nSPS) is 14.1. The Kier molecular flexibility index (Phi) is 15.1. The standard InChI is InChI=1S/C30H52N2/c1-3-5-7-9-11-13-15-20-24-31-26-27-32(25-21-16-14-12-10-8-6-4-2)30(31)28-29-22-18-17-19-23-29/h17-19,22-23,26-27,30H,3-16,20-21,24-25,28H2,1-2H3. The van der Waals surface area contributed by atoms with Gasteiger partial charge in [0.15, 0.2) is 0 Å². The van der Waals surface area contributed by atoms with Crippen molar-refractivity contribution in [1.82, 2.24) is 9.80 Å². The second kappa shape index (κ2) is 18.0. The smallest absolute Gasteiger partial charge is 0.105 e. The average molecular weight is 441 g/mol. The molecule has 182 valence electrons. The van der Waals surface area contributed by atoms with Crippen LogP contribution in [-0.4, -0.2) is 29.1 Å². The summed E-state index contributed by atoms with van der Waals surface area (Å²) >= 11 is 0. The minimum Gasteiger partial charge on any atom is -0.356 e. The van der Waals surface area contributed by atoms with Gasteiger partial charge in [-0.2, -0.15) is 0 Å². The van der Waals surface area contributed by atoms with Crippen LogP contribution in [0.3, 0.4) is 0 Å². The van der Waals surface area contributed by atoms with Gasteiger partial charge in [-0.05, 0) is 18.4 Å². The molecule has 0 spiro atoms. The van der Waals surface area contributed by atoms with Crippen LogP contribution in [0.4, 0.5) is 0 Å². The van der Waals surface area contributed by atoms with Crippen molar-refractivity contribution in [2.75, 3.05) is 13.1 Å². The molecule has 32 heavy (non-hydrogen) atoms. The van der Waals surface area contributed by atoms with Crippen LogP contribution in [0, 0.1) is 0 Å². The highest BCUT2D eigenvalue weighted by molar-refractivity contribution is 5.17. The van der Waals surface area contributed by atoms with Crippen molar-refractivity contribution in [3.63, 3.8) is 0 Å². The third-order valence-corrected chi connectivity index (χ3v) is 7.02. The topological polar surface area (TPSA) is 6.48 Å². The molecule has 1 aliphatic heterocycles. The summed E-state index contributed by atoms with van der Waals surface area (Å²) in [5, 5.41) is 0. The number of nitrogens with zero attached hydrogens (tertiary/aromatic N) is 2. The SMILES string of the molecule is CCCCCCCCCCN1C=CN(CCCCCCCCCC)C1Cc1ccccc1. The number of unbranched alkanes of at least 4 members (excludes halogenated alkanes) is 14. The molecule has 0 unspecified atom stereocenters. The maximum Gasteiger partial charge on any atom is 0.105 e. The van der Waals surface area contributed by atoms with Gasteiger partial charge < -0.3 is 9.80 Å². The van der Waals surface area contributed by atoms with Crippen molar-refractivity contribution in [3.05, 3.63) is 48.3 Å². The lowest BCUT2D eigenvalue weighted by molar-refractivity contribution is 0.148. The molecular weight excluding hydrogens is 388 g/mol. The first-order valence-electron chi connectivity index (χ1n) is 14.1. The Balaban J connectivity index is 1.70. The van der Waals surface area contributed by atoms with Crippen LogP contribution in [0.25, 0.3) is 0 Å². The lowest BCUT2D eigenvalue weighted by atomic mass is 10.1. The maximum absolute atomic E-state index is 2.62. The molecular formula is C30H52N2. The van der Waals surface area contributed by atoms with E-state index in [0.717, 1.165) is 6.42 Å². The van der Waals surface area contributed by atoms with Crippen molar-refractivity contribution < 1.29 is 0 Å². The minimum absolute atomic E-state index is 0.506. The van der Waals surface area contributed by atoms with Crippen LogP contribution in [0.15, 0.2) is 42.7 Å². The Morgan fingerprint density at radius 1 is 0.531 bits per heavy atom. The molecule has 2 heteroatoms. The van der Waals surface area contributed by atoms with Crippen LogP contribution < -0.4 is 0 Å². The second-order valence-electron chi connectivity index (χ2n) is 9.89. The zero-order chi connectivity index (χ0) is 22.7. The van der Waals surface area contributed by atoms with Crippen LogP contribution >= 0.6 is 0 Å². The predicted octanol–water partition coefficient (Wildman–Crippen LogP) is 8.93. The van der Waals surface area contributed by atoms with Crippen LogP contribution in [0.2, 0.25) is 0 Å². The van der Waals surface area contributed by atoms with Gasteiger partial charge in [-0.15, -0.1) is 0 Å². The third-order valence-electron chi connectivity index (χ3n) is 7.02. The van der Waals surface area contributed by atoms with Gasteiger partial charge in [-0.1, -0.05) is 134 Å². The monoisotopic (exact) mass is 440 g/mol. The Hall–Kier alpha value is -1.44. The summed E-state index contributed by atoms with van der Waals surface area (Å²) in [7, 11) is 0. The van der Waals surface area contributed by atoms with E-state index in [-0.39, 0.29) is 0 Å². The Bertz CT molecular complexity index is 537. The van der Waals surface area contributed by atoms with E-state index in [1.807, 2.05) is 0 Å². The molecule has 2 nitrogen and oxygen atoms in total. The first kappa shape index (κ1) is 26.8. The molecule has 0 N–H and O–H groups in total. The number of benzene rings is 1. The molecule has 1 aromatic carbocycles. The Morgan fingerprint density at radius 3 is 1.38 bits per heavy atom. The summed E-state index contributed by atoms with van der Waals surface area (Å²) in [5.74, 6) is 0. The quantitative estimate of drug-likeness (QED) is 0.187. The number of hydrogen-bond acceptors (Lipinski definition) is 2. The molecule has 0 aromatic heterocycles. The van der Waals surface area contributed by atoms with E-state index in [1.54, 1.807) is 0 Å². The van der Waals surface area contributed by atoms with Crippen molar-refractivity contribution in [2.24, 2.45) is 0 Å². The summed E-state index contributed by atoms with van der Waals surface area (Å²) in [4.78, 5) is 5.24. The molecule has 0 aliphatic carbocycles. The van der Waals surface area contributed by atoms with Gasteiger partial charge in [-0.3, -0.25) is 0 Å². The van der Waals surface area contributed by atoms with Gasteiger partial charge in [0.2, 0.25) is 0 Å². The first-order chi connectivity index (χ1) is 15.8. The average Bonchev–Trinajstić information content (AvgIpc) is 3.19. The Morgan fingerprint density at radius 2 is 0.938 bits per heavy atom. The molecule has 1 aromatic rings. The second-order valence-corrected chi connectivity index (χ2v) is 9.89. The fourth-order valence-corrected chi connectivity index (χ4v) is 4.92. The van der Waals surface area contributed by atoms with Gasteiger partial charge in [-0.25, -0.2) is 0 Å². The molecule has 0 bridgehead atoms. The van der Waals surface area contributed by atoms with Crippen LogP contribution in [0.5, 0.6) is 0 Å². The van der Waals surface area contributed by atoms with Crippen molar-refractivity contribution in [1.29, 1.82) is 0 Å². The molecule has 0 atom stereocenters. The van der Waals surface area contributed by atoms with Crippen LogP contribution in [0.1, 0.15) is 122 Å².